The third-order valence-electron chi connectivity index (χ3n) is 6.58. The molecular weight excluding hydrogens is 408 g/mol. The summed E-state index contributed by atoms with van der Waals surface area (Å²) in [4.78, 5) is 2.49. The van der Waals surface area contributed by atoms with Crippen LogP contribution in [0, 0.1) is 0 Å². The number of ether oxygens (including phenoxy) is 1. The van der Waals surface area contributed by atoms with Gasteiger partial charge in [-0.05, 0) is 53.6 Å². The molecule has 1 aromatic heterocycles. The number of phenols is 2. The maximum absolute atomic E-state index is 10.5. The third-order valence-corrected chi connectivity index (χ3v) is 6.58. The van der Waals surface area contributed by atoms with E-state index in [1.54, 1.807) is 10.6 Å². The van der Waals surface area contributed by atoms with Crippen LogP contribution >= 0.6 is 0 Å². The average Bonchev–Trinajstić information content (AvgIpc) is 3.37. The van der Waals surface area contributed by atoms with Crippen LogP contribution in [0.15, 0.2) is 30.3 Å². The van der Waals surface area contributed by atoms with Crippen molar-refractivity contribution in [2.75, 3.05) is 26.3 Å². The Bertz CT molecular complexity index is 1150. The molecule has 8 heteroatoms. The van der Waals surface area contributed by atoms with Crippen LogP contribution < -0.4 is 0 Å². The molecule has 1 atom stereocenters. The second-order valence-electron chi connectivity index (χ2n) is 8.91. The Kier molecular flexibility index (Phi) is 5.27. The molecule has 168 valence electrons. The molecule has 1 fully saturated rings. The van der Waals surface area contributed by atoms with E-state index in [9.17, 15) is 15.3 Å². The van der Waals surface area contributed by atoms with Crippen LogP contribution in [0.1, 0.15) is 36.5 Å². The maximum Gasteiger partial charge on any atom is 0.319 e. The highest BCUT2D eigenvalue weighted by Crippen LogP contribution is 2.39. The van der Waals surface area contributed by atoms with E-state index in [0.29, 0.717) is 23.0 Å². The second-order valence-corrected chi connectivity index (χ2v) is 8.91. The molecular formula is C24H28N4O4. The molecule has 2 aromatic carbocycles. The van der Waals surface area contributed by atoms with Crippen LogP contribution in [-0.4, -0.2) is 67.3 Å². The summed E-state index contributed by atoms with van der Waals surface area (Å²) in [6.45, 7) is 7.41. The molecule has 1 saturated heterocycles. The zero-order chi connectivity index (χ0) is 22.4. The number of aromatic nitrogens is 3. The van der Waals surface area contributed by atoms with Crippen LogP contribution in [-0.2, 0) is 17.6 Å². The van der Waals surface area contributed by atoms with E-state index in [0.717, 1.165) is 44.8 Å². The number of phenolic OH excluding ortho intramolecular Hbond substituents is 2. The van der Waals surface area contributed by atoms with Crippen LogP contribution in [0.2, 0.25) is 0 Å². The molecule has 0 amide bonds. The largest absolute Gasteiger partial charge is 0.508 e. The molecule has 2 aliphatic rings. The molecule has 2 heterocycles. The molecule has 1 aliphatic carbocycles. The van der Waals surface area contributed by atoms with Crippen molar-refractivity contribution < 1.29 is 20.1 Å². The number of benzene rings is 2. The summed E-state index contributed by atoms with van der Waals surface area (Å²) in [7, 11) is 0. The van der Waals surface area contributed by atoms with Crippen molar-refractivity contribution in [3.05, 3.63) is 47.0 Å². The van der Waals surface area contributed by atoms with Gasteiger partial charge in [-0.2, -0.15) is 0 Å². The zero-order valence-electron chi connectivity index (χ0n) is 18.3. The Morgan fingerprint density at radius 2 is 1.69 bits per heavy atom. The number of morpholine rings is 1. The van der Waals surface area contributed by atoms with Gasteiger partial charge >= 0.3 is 6.01 Å². The van der Waals surface area contributed by atoms with Gasteiger partial charge < -0.3 is 20.1 Å². The van der Waals surface area contributed by atoms with Crippen molar-refractivity contribution in [2.45, 2.75) is 38.6 Å². The molecule has 0 bridgehead atoms. The Morgan fingerprint density at radius 1 is 0.938 bits per heavy atom. The smallest absolute Gasteiger partial charge is 0.319 e. The van der Waals surface area contributed by atoms with E-state index in [4.69, 9.17) is 4.74 Å². The summed E-state index contributed by atoms with van der Waals surface area (Å²) >= 11 is 0. The first-order chi connectivity index (χ1) is 15.4. The standard InChI is InChI=1S/C24H28N4O4/c1-14(2)19-12-20(22(30)13-21(19)29)23-25-26-24(31)28(23)17-4-3-15-9-18(11-16(15)10-17)27-5-7-32-8-6-27/h3-4,10,12-14,18,29-30H,5-9,11H2,1-2H3,(H,26,31). The molecule has 3 aromatic rings. The van der Waals surface area contributed by atoms with Gasteiger partial charge in [0.25, 0.3) is 0 Å². The first-order valence-corrected chi connectivity index (χ1v) is 11.1. The second kappa shape index (κ2) is 8.11. The molecule has 5 rings (SSSR count). The Labute approximate surface area is 186 Å². The van der Waals surface area contributed by atoms with E-state index in [1.807, 2.05) is 19.9 Å². The lowest BCUT2D eigenvalue weighted by molar-refractivity contribution is 0.0187. The maximum atomic E-state index is 10.5. The molecule has 32 heavy (non-hydrogen) atoms. The molecule has 0 spiro atoms. The van der Waals surface area contributed by atoms with Gasteiger partial charge in [0.15, 0.2) is 5.82 Å². The van der Waals surface area contributed by atoms with E-state index < -0.39 is 0 Å². The highest BCUT2D eigenvalue weighted by Gasteiger charge is 2.29. The lowest BCUT2D eigenvalue weighted by atomic mass is 9.98. The fourth-order valence-electron chi connectivity index (χ4n) is 4.85. The average molecular weight is 437 g/mol. The van der Waals surface area contributed by atoms with Crippen molar-refractivity contribution in [2.24, 2.45) is 0 Å². The zero-order valence-corrected chi connectivity index (χ0v) is 18.3. The Balaban J connectivity index is 1.51. The minimum Gasteiger partial charge on any atom is -0.508 e. The number of hydrogen-bond donors (Lipinski definition) is 3. The van der Waals surface area contributed by atoms with Crippen LogP contribution in [0.25, 0.3) is 17.1 Å². The normalized spacial score (nSPS) is 18.9. The lowest BCUT2D eigenvalue weighted by Crippen LogP contribution is -2.43. The van der Waals surface area contributed by atoms with Crippen molar-refractivity contribution in [3.63, 3.8) is 0 Å². The topological polar surface area (TPSA) is 104 Å². The predicted molar refractivity (Wildman–Crippen MR) is 119 cm³/mol. The SMILES string of the molecule is CC(C)c1cc(-c2nnc(O)n2-c2ccc3c(c2)CC(N2CCOCC2)C3)c(O)cc1O. The summed E-state index contributed by atoms with van der Waals surface area (Å²) in [5.41, 5.74) is 4.40. The van der Waals surface area contributed by atoms with Gasteiger partial charge in [0.05, 0.1) is 24.5 Å². The summed E-state index contributed by atoms with van der Waals surface area (Å²) in [5.74, 6) is 0.290. The highest BCUT2D eigenvalue weighted by atomic mass is 16.5. The summed E-state index contributed by atoms with van der Waals surface area (Å²) in [6.07, 6.45) is 1.95. The molecule has 1 aliphatic heterocycles. The quantitative estimate of drug-likeness (QED) is 0.578. The van der Waals surface area contributed by atoms with Crippen LogP contribution in [0.3, 0.4) is 0 Å². The third kappa shape index (κ3) is 3.59. The van der Waals surface area contributed by atoms with Crippen molar-refractivity contribution in [1.82, 2.24) is 19.7 Å². The minimum atomic E-state index is -0.249. The number of aromatic hydroxyl groups is 3. The predicted octanol–water partition coefficient (Wildman–Crippen LogP) is 2.97. The minimum absolute atomic E-state index is 0.0308. The van der Waals surface area contributed by atoms with Crippen LogP contribution in [0.4, 0.5) is 0 Å². The Morgan fingerprint density at radius 3 is 2.44 bits per heavy atom. The fraction of sp³-hybridized carbons (Fsp3) is 0.417. The van der Waals surface area contributed by atoms with E-state index in [-0.39, 0.29) is 23.4 Å². The van der Waals surface area contributed by atoms with Gasteiger partial charge in [0.1, 0.15) is 11.5 Å². The molecule has 8 nitrogen and oxygen atoms in total. The first kappa shape index (κ1) is 20.8. The van der Waals surface area contributed by atoms with E-state index in [2.05, 4.69) is 27.2 Å². The number of rotatable bonds is 4. The van der Waals surface area contributed by atoms with Gasteiger partial charge in [-0.15, -0.1) is 5.10 Å². The number of fused-ring (bicyclic) bond motifs is 1. The van der Waals surface area contributed by atoms with Crippen molar-refractivity contribution >= 4 is 0 Å². The van der Waals surface area contributed by atoms with E-state index >= 15 is 0 Å². The highest BCUT2D eigenvalue weighted by molar-refractivity contribution is 5.70. The van der Waals surface area contributed by atoms with Crippen molar-refractivity contribution in [3.8, 4) is 34.6 Å². The summed E-state index contributed by atoms with van der Waals surface area (Å²) in [6, 6.07) is 9.36. The monoisotopic (exact) mass is 436 g/mol. The van der Waals surface area contributed by atoms with Crippen molar-refractivity contribution in [1.29, 1.82) is 0 Å². The molecule has 1 unspecified atom stereocenters. The summed E-state index contributed by atoms with van der Waals surface area (Å²) < 4.78 is 7.03. The summed E-state index contributed by atoms with van der Waals surface area (Å²) in [5, 5.41) is 39.2. The molecule has 3 N–H and O–H groups in total. The van der Waals surface area contributed by atoms with Crippen LogP contribution in [0.5, 0.6) is 17.5 Å². The van der Waals surface area contributed by atoms with E-state index in [1.165, 1.54) is 17.2 Å². The Hall–Kier alpha value is -3.10. The number of hydrogen-bond acceptors (Lipinski definition) is 7. The van der Waals surface area contributed by atoms with Gasteiger partial charge in [-0.25, -0.2) is 4.57 Å². The fourth-order valence-corrected chi connectivity index (χ4v) is 4.85. The molecule has 0 radical (unpaired) electrons. The number of nitrogens with zero attached hydrogens (tertiary/aromatic N) is 4. The van der Waals surface area contributed by atoms with Gasteiger partial charge in [0, 0.05) is 25.2 Å². The van der Waals surface area contributed by atoms with Gasteiger partial charge in [-0.1, -0.05) is 25.0 Å². The lowest BCUT2D eigenvalue weighted by Gasteiger charge is -2.32. The van der Waals surface area contributed by atoms with Gasteiger partial charge in [-0.3, -0.25) is 4.90 Å². The molecule has 0 saturated carbocycles. The first-order valence-electron chi connectivity index (χ1n) is 11.1. The van der Waals surface area contributed by atoms with Gasteiger partial charge in [0.2, 0.25) is 0 Å².